The number of benzene rings is 5. The molecule has 0 bridgehead atoms. The second-order valence-electron chi connectivity index (χ2n) is 13.9. The van der Waals surface area contributed by atoms with Gasteiger partial charge in [0, 0.05) is 22.4 Å². The molecule has 0 aliphatic heterocycles. The highest BCUT2D eigenvalue weighted by Crippen LogP contribution is 2.43. The van der Waals surface area contributed by atoms with E-state index in [1.807, 2.05) is 0 Å². The van der Waals surface area contributed by atoms with Crippen molar-refractivity contribution >= 4 is 106 Å². The summed E-state index contributed by atoms with van der Waals surface area (Å²) in [6.45, 7) is 0.638. The summed E-state index contributed by atoms with van der Waals surface area (Å²) < 4.78 is 141. The second-order valence-corrected chi connectivity index (χ2v) is 20.6. The number of H-pyrrole nitrogens is 1. The molecule has 7 N–H and O–H groups in total. The molecule has 0 aliphatic carbocycles. The van der Waals surface area contributed by atoms with Crippen molar-refractivity contribution in [2.45, 2.75) is 34.6 Å². The van der Waals surface area contributed by atoms with Crippen molar-refractivity contribution in [2.75, 3.05) is 12.4 Å². The number of phenols is 1. The van der Waals surface area contributed by atoms with Crippen molar-refractivity contribution in [3.8, 4) is 17.2 Å². The van der Waals surface area contributed by atoms with Crippen LogP contribution in [0, 0.1) is 6.92 Å². The van der Waals surface area contributed by atoms with E-state index in [9.17, 15) is 66.9 Å². The molecule has 2 heterocycles. The molecule has 5 aromatic carbocycles. The number of phenolic OH excluding ortho intramolecular Hbond substituents is 1. The standard InChI is InChI=1S/C37H31N9O16S5/c1-19-14-29(31(62-12-3-13-64(50,51)52)16-28(19)42-45-37-39-26-9-6-20(18-47)34(33(26)63-37)66(56,57)58)43-40-25-10-8-24-23(32(25)48)7-11-27(35(24)67(59,60)61)41-44-30-17-38-46(36(30)49)21-4-2-5-22(15-21)65(53,54)55/h2,4-11,14-17,38,47-48H,3,12-13,18H2,1H3,(H,50,51,52)(H,53,54,55)(H,56,57,58)(H,59,60,61). The van der Waals surface area contributed by atoms with E-state index in [1.165, 1.54) is 48.5 Å². The van der Waals surface area contributed by atoms with Gasteiger partial charge in [0.1, 0.15) is 32.6 Å². The number of fused-ring (bicyclic) bond motifs is 2. The lowest BCUT2D eigenvalue weighted by Gasteiger charge is -2.11. The molecule has 0 atom stereocenters. The van der Waals surface area contributed by atoms with Gasteiger partial charge in [-0.15, -0.1) is 30.7 Å². The predicted molar refractivity (Wildman–Crippen MR) is 237 cm³/mol. The first-order valence-corrected chi connectivity index (χ1v) is 25.3. The first kappa shape index (κ1) is 48.2. The third-order valence-electron chi connectivity index (χ3n) is 9.33. The van der Waals surface area contributed by atoms with Gasteiger partial charge in [-0.1, -0.05) is 29.5 Å². The molecule has 350 valence electrons. The molecule has 0 fully saturated rings. The summed E-state index contributed by atoms with van der Waals surface area (Å²) in [4.78, 5) is 15.5. The maximum Gasteiger partial charge on any atom is 0.298 e. The Kier molecular flexibility index (Phi) is 13.3. The number of ether oxygens (including phenoxy) is 1. The molecule has 0 aliphatic rings. The zero-order valence-corrected chi connectivity index (χ0v) is 37.8. The van der Waals surface area contributed by atoms with E-state index in [0.29, 0.717) is 5.56 Å². The molecule has 30 heteroatoms. The van der Waals surface area contributed by atoms with E-state index < -0.39 is 84.5 Å². The fourth-order valence-electron chi connectivity index (χ4n) is 6.32. The van der Waals surface area contributed by atoms with Crippen LogP contribution >= 0.6 is 11.3 Å². The number of thiazole rings is 1. The van der Waals surface area contributed by atoms with Gasteiger partial charge in [-0.05, 0) is 67.4 Å². The van der Waals surface area contributed by atoms with Crippen LogP contribution in [-0.2, 0) is 47.1 Å². The largest absolute Gasteiger partial charge is 0.505 e. The van der Waals surface area contributed by atoms with Crippen molar-refractivity contribution < 1.29 is 66.8 Å². The topological polar surface area (TPSA) is 392 Å². The molecule has 2 aromatic heterocycles. The number of aliphatic hydroxyl groups excluding tert-OH is 1. The molecule has 7 rings (SSSR count). The molecule has 0 saturated heterocycles. The number of nitrogens with zero attached hydrogens (tertiary/aromatic N) is 8. The third-order valence-corrected chi connectivity index (χ3v) is 14.0. The van der Waals surface area contributed by atoms with Crippen LogP contribution in [0.1, 0.15) is 17.5 Å². The van der Waals surface area contributed by atoms with Crippen molar-refractivity contribution in [1.29, 1.82) is 0 Å². The second kappa shape index (κ2) is 18.5. The maximum absolute atomic E-state index is 13.1. The molecule has 0 spiro atoms. The fourth-order valence-corrected chi connectivity index (χ4v) is 10.2. The Morgan fingerprint density at radius 2 is 1.37 bits per heavy atom. The Bertz CT molecular complexity index is 3760. The molecule has 0 unspecified atom stereocenters. The highest BCUT2D eigenvalue weighted by molar-refractivity contribution is 7.86. The Hall–Kier alpha value is -6.74. The molecular formula is C37H31N9O16S5. The van der Waals surface area contributed by atoms with E-state index in [0.717, 1.165) is 46.5 Å². The number of azo groups is 3. The van der Waals surface area contributed by atoms with Crippen molar-refractivity contribution in [1.82, 2.24) is 14.8 Å². The third kappa shape index (κ3) is 10.8. The zero-order valence-electron chi connectivity index (χ0n) is 33.7. The van der Waals surface area contributed by atoms with E-state index in [4.69, 9.17) is 4.74 Å². The van der Waals surface area contributed by atoms with E-state index in [1.54, 1.807) is 6.92 Å². The monoisotopic (exact) mass is 1020 g/mol. The van der Waals surface area contributed by atoms with E-state index in [-0.39, 0.29) is 78.9 Å². The maximum atomic E-state index is 13.1. The fraction of sp³-hybridized carbons (Fsp3) is 0.135. The number of aryl methyl sites for hydroxylation is 1. The van der Waals surface area contributed by atoms with Gasteiger partial charge in [-0.25, -0.2) is 9.67 Å². The van der Waals surface area contributed by atoms with Gasteiger partial charge < -0.3 is 14.9 Å². The number of aromatic amines is 1. The van der Waals surface area contributed by atoms with Crippen molar-refractivity contribution in [3.63, 3.8) is 0 Å². The molecule has 0 amide bonds. The van der Waals surface area contributed by atoms with Crippen LogP contribution in [0.15, 0.2) is 129 Å². The minimum atomic E-state index is -5.11. The van der Waals surface area contributed by atoms with Gasteiger partial charge in [-0.2, -0.15) is 33.7 Å². The lowest BCUT2D eigenvalue weighted by Crippen LogP contribution is -2.14. The average Bonchev–Trinajstić information content (AvgIpc) is 3.84. The Labute approximate surface area is 381 Å². The quantitative estimate of drug-likeness (QED) is 0.0289. The van der Waals surface area contributed by atoms with Gasteiger partial charge in [0.2, 0.25) is 5.13 Å². The van der Waals surface area contributed by atoms with Crippen molar-refractivity contribution in [3.05, 3.63) is 100 Å². The van der Waals surface area contributed by atoms with Crippen LogP contribution in [-0.4, -0.2) is 89.2 Å². The summed E-state index contributed by atoms with van der Waals surface area (Å²) in [5, 5.41) is 47.2. The molecular weight excluding hydrogens is 987 g/mol. The van der Waals surface area contributed by atoms with Gasteiger partial charge in [0.05, 0.1) is 51.7 Å². The number of aliphatic hydroxyl groups is 1. The van der Waals surface area contributed by atoms with Crippen LogP contribution in [0.4, 0.5) is 33.6 Å². The number of aromatic nitrogens is 3. The predicted octanol–water partition coefficient (Wildman–Crippen LogP) is 7.08. The Morgan fingerprint density at radius 3 is 2.06 bits per heavy atom. The van der Waals surface area contributed by atoms with E-state index in [2.05, 4.69) is 40.8 Å². The van der Waals surface area contributed by atoms with Crippen LogP contribution < -0.4 is 10.3 Å². The number of hydrogen-bond acceptors (Lipinski definition) is 20. The molecule has 7 aromatic rings. The smallest absolute Gasteiger partial charge is 0.298 e. The number of nitrogens with one attached hydrogen (secondary N) is 1. The summed E-state index contributed by atoms with van der Waals surface area (Å²) in [6, 6.07) is 14.8. The van der Waals surface area contributed by atoms with Crippen LogP contribution in [0.25, 0.3) is 26.7 Å². The summed E-state index contributed by atoms with van der Waals surface area (Å²) in [5.74, 6) is -1.31. The lowest BCUT2D eigenvalue weighted by molar-refractivity contribution is 0.278. The highest BCUT2D eigenvalue weighted by Gasteiger charge is 2.24. The van der Waals surface area contributed by atoms with Crippen molar-refractivity contribution in [2.24, 2.45) is 30.7 Å². The van der Waals surface area contributed by atoms with Gasteiger partial charge in [0.15, 0.2) is 11.4 Å². The SMILES string of the molecule is Cc1cc(N=Nc2ccc3c(S(=O)(=O)O)c(N=Nc4c[nH]n(-c5cccc(S(=O)(=O)O)c5)c4=O)ccc3c2O)c(OCCCS(=O)(=O)O)cc1N=Nc1nc2ccc(CO)c(S(=O)(=O)O)c2s1. The Balaban J connectivity index is 1.21. The van der Waals surface area contributed by atoms with Gasteiger partial charge >= 0.3 is 0 Å². The number of aromatic hydroxyl groups is 1. The van der Waals surface area contributed by atoms with E-state index >= 15 is 0 Å². The molecule has 0 radical (unpaired) electrons. The lowest BCUT2D eigenvalue weighted by atomic mass is 10.1. The van der Waals surface area contributed by atoms with Crippen LogP contribution in [0.3, 0.4) is 0 Å². The molecule has 67 heavy (non-hydrogen) atoms. The summed E-state index contributed by atoms with van der Waals surface area (Å²) in [7, 11) is -18.8. The summed E-state index contributed by atoms with van der Waals surface area (Å²) in [5.41, 5.74) is -1.30. The minimum Gasteiger partial charge on any atom is -0.505 e. The summed E-state index contributed by atoms with van der Waals surface area (Å²) >= 11 is 0.764. The average molecular weight is 1020 g/mol. The minimum absolute atomic E-state index is 0.00135. The Morgan fingerprint density at radius 1 is 0.716 bits per heavy atom. The van der Waals surface area contributed by atoms with Crippen LogP contribution in [0.5, 0.6) is 11.5 Å². The number of rotatable bonds is 16. The highest BCUT2D eigenvalue weighted by atomic mass is 32.2. The first-order chi connectivity index (χ1) is 31.4. The normalized spacial score (nSPS) is 13.0. The van der Waals surface area contributed by atoms with Crippen LogP contribution in [0.2, 0.25) is 0 Å². The summed E-state index contributed by atoms with van der Waals surface area (Å²) in [6.07, 6.45) is 0.905. The van der Waals surface area contributed by atoms with Gasteiger partial charge in [0.25, 0.3) is 46.0 Å². The van der Waals surface area contributed by atoms with Gasteiger partial charge in [-0.3, -0.25) is 28.1 Å². The first-order valence-electron chi connectivity index (χ1n) is 18.6. The number of hydrogen-bond donors (Lipinski definition) is 7. The zero-order chi connectivity index (χ0) is 48.6. The molecule has 25 nitrogen and oxygen atoms in total. The molecule has 0 saturated carbocycles.